The summed E-state index contributed by atoms with van der Waals surface area (Å²) >= 11 is 0. The molecule has 1 aliphatic heterocycles. The summed E-state index contributed by atoms with van der Waals surface area (Å²) < 4.78 is 6.13. The molecule has 22 heavy (non-hydrogen) atoms. The molecule has 0 bridgehead atoms. The lowest BCUT2D eigenvalue weighted by molar-refractivity contribution is -0.112. The largest absolute Gasteiger partial charge is 0.485 e. The predicted octanol–water partition coefficient (Wildman–Crippen LogP) is 3.71. The molecule has 0 unspecified atom stereocenters. The molecule has 2 aromatic rings. The van der Waals surface area contributed by atoms with Crippen LogP contribution in [0.1, 0.15) is 40.4 Å². The first-order valence-electron chi connectivity index (χ1n) is 7.39. The quantitative estimate of drug-likeness (QED) is 0.752. The second-order valence-corrected chi connectivity index (χ2v) is 5.57. The topological polar surface area (TPSA) is 43.4 Å². The van der Waals surface area contributed by atoms with Gasteiger partial charge in [-0.25, -0.2) is 0 Å². The van der Waals surface area contributed by atoms with Crippen LogP contribution in [0.15, 0.2) is 60.2 Å². The van der Waals surface area contributed by atoms with Crippen LogP contribution in [0.25, 0.3) is 5.76 Å². The summed E-state index contributed by atoms with van der Waals surface area (Å²) in [6.45, 7) is 0. The number of ketones is 2. The summed E-state index contributed by atoms with van der Waals surface area (Å²) in [5.41, 5.74) is 2.80. The maximum atomic E-state index is 12.3. The van der Waals surface area contributed by atoms with Gasteiger partial charge in [-0.15, -0.1) is 0 Å². The van der Waals surface area contributed by atoms with Gasteiger partial charge in [0.15, 0.2) is 0 Å². The molecule has 0 amide bonds. The van der Waals surface area contributed by atoms with Crippen LogP contribution in [-0.2, 0) is 9.53 Å². The monoisotopic (exact) mass is 290 g/mol. The zero-order chi connectivity index (χ0) is 15.1. The standard InChI is InChI=1S/C19H14O3/c20-17-13-8-4-5-9-14(13)19-15(18(17)21)10-11-16(22-19)12-6-2-1-3-7-12/h1-9,16H,10-11H2/t16-/m0/s1. The van der Waals surface area contributed by atoms with Gasteiger partial charge in [0.25, 0.3) is 0 Å². The van der Waals surface area contributed by atoms with Crippen molar-refractivity contribution >= 4 is 17.3 Å². The van der Waals surface area contributed by atoms with E-state index in [0.29, 0.717) is 29.7 Å². The van der Waals surface area contributed by atoms with Gasteiger partial charge in [-0.05, 0) is 18.4 Å². The summed E-state index contributed by atoms with van der Waals surface area (Å²) in [6.07, 6.45) is 1.21. The number of allylic oxidation sites excluding steroid dienone is 1. The molecule has 4 rings (SSSR count). The Balaban J connectivity index is 1.79. The maximum absolute atomic E-state index is 12.3. The highest BCUT2D eigenvalue weighted by Crippen LogP contribution is 2.42. The lowest BCUT2D eigenvalue weighted by atomic mass is 9.84. The Kier molecular flexibility index (Phi) is 2.93. The van der Waals surface area contributed by atoms with Crippen LogP contribution >= 0.6 is 0 Å². The van der Waals surface area contributed by atoms with Gasteiger partial charge in [0.1, 0.15) is 11.9 Å². The molecule has 0 saturated carbocycles. The fourth-order valence-electron chi connectivity index (χ4n) is 3.14. The van der Waals surface area contributed by atoms with Crippen LogP contribution in [0, 0.1) is 0 Å². The molecular formula is C19H14O3. The van der Waals surface area contributed by atoms with Crippen molar-refractivity contribution in [2.75, 3.05) is 0 Å². The zero-order valence-corrected chi connectivity index (χ0v) is 11.9. The lowest BCUT2D eigenvalue weighted by Crippen LogP contribution is -2.28. The summed E-state index contributed by atoms with van der Waals surface area (Å²) in [5, 5.41) is 0. The number of hydrogen-bond donors (Lipinski definition) is 0. The third-order valence-electron chi connectivity index (χ3n) is 4.26. The summed E-state index contributed by atoms with van der Waals surface area (Å²) in [7, 11) is 0. The number of carbonyl (C=O) groups is 2. The van der Waals surface area contributed by atoms with Crippen molar-refractivity contribution in [2.45, 2.75) is 18.9 Å². The van der Waals surface area contributed by atoms with Gasteiger partial charge in [0.2, 0.25) is 11.6 Å². The molecule has 3 nitrogen and oxygen atoms in total. The maximum Gasteiger partial charge on any atom is 0.234 e. The van der Waals surface area contributed by atoms with Crippen LogP contribution in [0.5, 0.6) is 0 Å². The number of rotatable bonds is 1. The van der Waals surface area contributed by atoms with E-state index in [1.54, 1.807) is 12.1 Å². The Bertz CT molecular complexity index is 802. The molecule has 3 heteroatoms. The van der Waals surface area contributed by atoms with Gasteiger partial charge < -0.3 is 4.74 Å². The first-order valence-corrected chi connectivity index (χ1v) is 7.39. The molecule has 108 valence electrons. The highest BCUT2D eigenvalue weighted by atomic mass is 16.5. The number of carbonyl (C=O) groups excluding carboxylic acids is 2. The molecule has 0 radical (unpaired) electrons. The number of hydrogen-bond acceptors (Lipinski definition) is 3. The highest BCUT2D eigenvalue weighted by molar-refractivity contribution is 6.52. The summed E-state index contributed by atoms with van der Waals surface area (Å²) in [6, 6.07) is 17.1. The SMILES string of the molecule is O=C1C(=O)c2ccccc2C2=C1CC[C@@H](c1ccccc1)O2. The molecule has 1 aliphatic carbocycles. The Hall–Kier alpha value is -2.68. The fraction of sp³-hybridized carbons (Fsp3) is 0.158. The molecule has 0 fully saturated rings. The van der Waals surface area contributed by atoms with Crippen molar-refractivity contribution in [3.8, 4) is 0 Å². The van der Waals surface area contributed by atoms with E-state index < -0.39 is 11.6 Å². The average Bonchev–Trinajstić information content (AvgIpc) is 2.60. The van der Waals surface area contributed by atoms with E-state index in [1.807, 2.05) is 42.5 Å². The lowest BCUT2D eigenvalue weighted by Gasteiger charge is -2.31. The molecular weight excluding hydrogens is 276 g/mol. The Labute approximate surface area is 128 Å². The van der Waals surface area contributed by atoms with Gasteiger partial charge in [-0.3, -0.25) is 9.59 Å². The highest BCUT2D eigenvalue weighted by Gasteiger charge is 2.37. The summed E-state index contributed by atoms with van der Waals surface area (Å²) in [4.78, 5) is 24.5. The van der Waals surface area contributed by atoms with Crippen LogP contribution in [0.4, 0.5) is 0 Å². The molecule has 0 N–H and O–H groups in total. The van der Waals surface area contributed by atoms with Gasteiger partial charge >= 0.3 is 0 Å². The molecule has 0 aromatic heterocycles. The van der Waals surface area contributed by atoms with E-state index in [1.165, 1.54) is 0 Å². The number of fused-ring (bicyclic) bond motifs is 2. The minimum atomic E-state index is -0.420. The molecule has 2 aliphatic rings. The normalized spacial score (nSPS) is 20.3. The van der Waals surface area contributed by atoms with E-state index in [-0.39, 0.29) is 6.10 Å². The van der Waals surface area contributed by atoms with Crippen molar-refractivity contribution < 1.29 is 14.3 Å². The van der Waals surface area contributed by atoms with Crippen LogP contribution < -0.4 is 0 Å². The van der Waals surface area contributed by atoms with Crippen molar-refractivity contribution in [2.24, 2.45) is 0 Å². The van der Waals surface area contributed by atoms with Gasteiger partial charge in [-0.1, -0.05) is 54.6 Å². The average molecular weight is 290 g/mol. The third kappa shape index (κ3) is 1.90. The minimum Gasteiger partial charge on any atom is -0.485 e. The van der Waals surface area contributed by atoms with E-state index in [9.17, 15) is 9.59 Å². The first-order chi connectivity index (χ1) is 10.8. The van der Waals surface area contributed by atoms with Gasteiger partial charge in [0.05, 0.1) is 0 Å². The van der Waals surface area contributed by atoms with E-state index in [0.717, 1.165) is 11.1 Å². The van der Waals surface area contributed by atoms with E-state index >= 15 is 0 Å². The van der Waals surface area contributed by atoms with Crippen LogP contribution in [0.2, 0.25) is 0 Å². The zero-order valence-electron chi connectivity index (χ0n) is 11.9. The van der Waals surface area contributed by atoms with Crippen LogP contribution in [-0.4, -0.2) is 11.6 Å². The van der Waals surface area contributed by atoms with Crippen LogP contribution in [0.3, 0.4) is 0 Å². The Morgan fingerprint density at radius 3 is 2.27 bits per heavy atom. The predicted molar refractivity (Wildman–Crippen MR) is 82.2 cm³/mol. The molecule has 0 saturated heterocycles. The molecule has 1 atom stereocenters. The van der Waals surface area contributed by atoms with Crippen molar-refractivity contribution in [3.63, 3.8) is 0 Å². The Morgan fingerprint density at radius 1 is 0.818 bits per heavy atom. The smallest absolute Gasteiger partial charge is 0.234 e. The molecule has 0 spiro atoms. The van der Waals surface area contributed by atoms with E-state index in [2.05, 4.69) is 0 Å². The Morgan fingerprint density at radius 2 is 1.50 bits per heavy atom. The van der Waals surface area contributed by atoms with E-state index in [4.69, 9.17) is 4.74 Å². The molecule has 2 aromatic carbocycles. The second kappa shape index (κ2) is 4.95. The number of Topliss-reactive ketones (excluding diaryl/α,β-unsaturated/α-hetero) is 2. The minimum absolute atomic E-state index is 0.0750. The number of ether oxygens (including phenoxy) is 1. The van der Waals surface area contributed by atoms with Crippen molar-refractivity contribution in [3.05, 3.63) is 76.9 Å². The fourth-order valence-corrected chi connectivity index (χ4v) is 3.14. The molecule has 1 heterocycles. The second-order valence-electron chi connectivity index (χ2n) is 5.57. The van der Waals surface area contributed by atoms with Crippen molar-refractivity contribution in [1.29, 1.82) is 0 Å². The third-order valence-corrected chi connectivity index (χ3v) is 4.26. The van der Waals surface area contributed by atoms with Gasteiger partial charge in [-0.2, -0.15) is 0 Å². The first kappa shape index (κ1) is 13.0. The van der Waals surface area contributed by atoms with Gasteiger partial charge in [0, 0.05) is 16.7 Å². The van der Waals surface area contributed by atoms with Crippen molar-refractivity contribution in [1.82, 2.24) is 0 Å². The number of benzene rings is 2. The summed E-state index contributed by atoms with van der Waals surface area (Å²) in [5.74, 6) is -0.253.